The fraction of sp³-hybridized carbons (Fsp3) is 0.0667. The lowest BCUT2D eigenvalue weighted by molar-refractivity contribution is -0.384. The fourth-order valence-corrected chi connectivity index (χ4v) is 5.15. The maximum absolute atomic E-state index is 13.5. The Morgan fingerprint density at radius 2 is 1.86 bits per heavy atom. The molecule has 44 heavy (non-hydrogen) atoms. The van der Waals surface area contributed by atoms with E-state index in [0.717, 1.165) is 11.8 Å². The van der Waals surface area contributed by atoms with Gasteiger partial charge in [0.1, 0.15) is 11.5 Å². The highest BCUT2D eigenvalue weighted by atomic mass is 35.5. The number of benzene rings is 3. The molecule has 14 heteroatoms. The topological polar surface area (TPSA) is 140 Å². The Labute approximate surface area is 265 Å². The molecule has 0 bridgehead atoms. The summed E-state index contributed by atoms with van der Waals surface area (Å²) in [5, 5.41) is 23.3. The van der Waals surface area contributed by atoms with Gasteiger partial charge in [-0.1, -0.05) is 35.3 Å². The molecule has 2 amide bonds. The molecule has 0 aliphatic carbocycles. The molecule has 4 aromatic rings. The third kappa shape index (κ3) is 7.92. The molecule has 0 atom stereocenters. The molecule has 0 spiro atoms. The Morgan fingerprint density at radius 1 is 1.07 bits per heavy atom. The Bertz CT molecular complexity index is 1790. The third-order valence-electron chi connectivity index (χ3n) is 5.96. The van der Waals surface area contributed by atoms with E-state index in [1.807, 2.05) is 0 Å². The van der Waals surface area contributed by atoms with Crippen LogP contribution in [0.15, 0.2) is 105 Å². The molecule has 11 nitrogen and oxygen atoms in total. The predicted octanol–water partition coefficient (Wildman–Crippen LogP) is 7.02. The van der Waals surface area contributed by atoms with Gasteiger partial charge >= 0.3 is 0 Å². The number of carbonyl (C=O) groups excluding carboxylic acids is 2. The molecule has 1 fully saturated rings. The van der Waals surface area contributed by atoms with Gasteiger partial charge in [0.25, 0.3) is 17.5 Å². The quantitative estimate of drug-likeness (QED) is 0.0842. The smallest absolute Gasteiger partial charge is 0.270 e. The standard InChI is InChI=1S/C30H21Cl2N5O6S/c31-21-6-9-23(10-7-21)34-28(38)18-43-26-11-8-22(32)14-20(26)15-27-29(39)36(17-25-5-2-12-42-25)30(44-27)35-33-16-19-3-1-4-24(13-19)37(40)41/h1-16H,17-18H2,(H,34,38)/b27-15-,33-16+,35-30-. The second-order valence-electron chi connectivity index (χ2n) is 9.09. The monoisotopic (exact) mass is 649 g/mol. The Kier molecular flexibility index (Phi) is 9.75. The van der Waals surface area contributed by atoms with Crippen molar-refractivity contribution >= 4 is 75.6 Å². The SMILES string of the molecule is O=C(COc1ccc(Cl)cc1/C=C1\S/C(=N\N=C\c2cccc([N+](=O)[O-])c2)N(Cc2ccco2)C1=O)Nc1ccc(Cl)cc1. The second kappa shape index (κ2) is 14.0. The lowest BCUT2D eigenvalue weighted by Crippen LogP contribution is -2.28. The van der Waals surface area contributed by atoms with Crippen LogP contribution in [0.3, 0.4) is 0 Å². The maximum atomic E-state index is 13.5. The van der Waals surface area contributed by atoms with Crippen molar-refractivity contribution in [3.05, 3.63) is 127 Å². The molecule has 1 aliphatic heterocycles. The highest BCUT2D eigenvalue weighted by Crippen LogP contribution is 2.36. The largest absolute Gasteiger partial charge is 0.483 e. The molecule has 1 aromatic heterocycles. The van der Waals surface area contributed by atoms with Crippen molar-refractivity contribution in [2.24, 2.45) is 10.2 Å². The van der Waals surface area contributed by atoms with Crippen LogP contribution in [-0.4, -0.2) is 39.6 Å². The highest BCUT2D eigenvalue weighted by Gasteiger charge is 2.34. The summed E-state index contributed by atoms with van der Waals surface area (Å²) in [5.41, 5.74) is 1.41. The number of rotatable bonds is 10. The zero-order chi connectivity index (χ0) is 31.1. The van der Waals surface area contributed by atoms with Crippen molar-refractivity contribution in [2.45, 2.75) is 6.54 Å². The summed E-state index contributed by atoms with van der Waals surface area (Å²) >= 11 is 13.2. The minimum Gasteiger partial charge on any atom is -0.483 e. The van der Waals surface area contributed by atoms with E-state index in [0.29, 0.717) is 43.3 Å². The van der Waals surface area contributed by atoms with Gasteiger partial charge in [0.05, 0.1) is 28.9 Å². The van der Waals surface area contributed by atoms with E-state index < -0.39 is 10.8 Å². The number of halogens is 2. The number of non-ortho nitro benzene ring substituents is 1. The number of furan rings is 1. The number of nitrogens with zero attached hydrogens (tertiary/aromatic N) is 4. The number of thioether (sulfide) groups is 1. The molecular formula is C30H21Cl2N5O6S. The molecule has 0 unspecified atom stereocenters. The van der Waals surface area contributed by atoms with E-state index in [1.165, 1.54) is 35.6 Å². The zero-order valence-corrected chi connectivity index (χ0v) is 24.9. The lowest BCUT2D eigenvalue weighted by Gasteiger charge is -2.13. The number of anilines is 1. The highest BCUT2D eigenvalue weighted by molar-refractivity contribution is 8.18. The van der Waals surface area contributed by atoms with E-state index in [9.17, 15) is 19.7 Å². The second-order valence-corrected chi connectivity index (χ2v) is 11.0. The Hall–Kier alpha value is -4.91. The third-order valence-corrected chi connectivity index (χ3v) is 7.44. The van der Waals surface area contributed by atoms with E-state index in [2.05, 4.69) is 15.5 Å². The maximum Gasteiger partial charge on any atom is 0.270 e. The van der Waals surface area contributed by atoms with E-state index in [4.69, 9.17) is 32.4 Å². The van der Waals surface area contributed by atoms with Gasteiger partial charge in [-0.2, -0.15) is 5.10 Å². The van der Waals surface area contributed by atoms with Gasteiger partial charge in [-0.15, -0.1) is 5.10 Å². The molecule has 2 heterocycles. The number of carbonyl (C=O) groups is 2. The summed E-state index contributed by atoms with van der Waals surface area (Å²) in [6.45, 7) is -0.212. The summed E-state index contributed by atoms with van der Waals surface area (Å²) in [5.74, 6) is 0.0808. The molecule has 5 rings (SSSR count). The van der Waals surface area contributed by atoms with E-state index in [-0.39, 0.29) is 29.9 Å². The number of ether oxygens (including phenoxy) is 1. The van der Waals surface area contributed by atoms with Gasteiger partial charge in [0, 0.05) is 39.0 Å². The van der Waals surface area contributed by atoms with Gasteiger partial charge in [-0.25, -0.2) is 0 Å². The first kappa shape index (κ1) is 30.5. The van der Waals surface area contributed by atoms with Crippen molar-refractivity contribution in [3.8, 4) is 5.75 Å². The Balaban J connectivity index is 1.37. The lowest BCUT2D eigenvalue weighted by atomic mass is 10.2. The Morgan fingerprint density at radius 3 is 2.61 bits per heavy atom. The van der Waals surface area contributed by atoms with Crippen LogP contribution in [0.1, 0.15) is 16.9 Å². The molecule has 222 valence electrons. The van der Waals surface area contributed by atoms with Crippen LogP contribution in [0, 0.1) is 10.1 Å². The molecule has 1 aliphatic rings. The average Bonchev–Trinajstić information content (AvgIpc) is 3.62. The van der Waals surface area contributed by atoms with Crippen LogP contribution in [-0.2, 0) is 16.1 Å². The van der Waals surface area contributed by atoms with Gasteiger partial charge < -0.3 is 14.5 Å². The molecule has 0 saturated carbocycles. The molecular weight excluding hydrogens is 629 g/mol. The molecule has 3 aromatic carbocycles. The van der Waals surface area contributed by atoms with Gasteiger partial charge in [0.15, 0.2) is 11.8 Å². The molecule has 0 radical (unpaired) electrons. The normalized spacial score (nSPS) is 15.0. The summed E-state index contributed by atoms with van der Waals surface area (Å²) in [6, 6.07) is 20.8. The minimum atomic E-state index is -0.503. The summed E-state index contributed by atoms with van der Waals surface area (Å²) in [6.07, 6.45) is 4.44. The van der Waals surface area contributed by atoms with Crippen LogP contribution in [0.5, 0.6) is 5.75 Å². The molecule has 1 saturated heterocycles. The fourth-order valence-electron chi connectivity index (χ4n) is 3.92. The van der Waals surface area contributed by atoms with E-state index >= 15 is 0 Å². The number of amidine groups is 1. The average molecular weight is 651 g/mol. The number of amides is 2. The number of hydrogen-bond acceptors (Lipinski definition) is 9. The first-order valence-corrected chi connectivity index (χ1v) is 14.4. The van der Waals surface area contributed by atoms with Crippen LogP contribution in [0.25, 0.3) is 6.08 Å². The summed E-state index contributed by atoms with van der Waals surface area (Å²) in [4.78, 5) is 38.3. The van der Waals surface area contributed by atoms with Crippen LogP contribution < -0.4 is 10.1 Å². The van der Waals surface area contributed by atoms with Crippen LogP contribution in [0.4, 0.5) is 11.4 Å². The van der Waals surface area contributed by atoms with Crippen molar-refractivity contribution in [1.29, 1.82) is 0 Å². The number of nitrogens with one attached hydrogen (secondary N) is 1. The minimum absolute atomic E-state index is 0.0845. The van der Waals surface area contributed by atoms with Gasteiger partial charge in [-0.3, -0.25) is 24.6 Å². The van der Waals surface area contributed by atoms with Gasteiger partial charge in [0.2, 0.25) is 0 Å². The summed E-state index contributed by atoms with van der Waals surface area (Å²) in [7, 11) is 0. The van der Waals surface area contributed by atoms with E-state index in [1.54, 1.807) is 66.7 Å². The first-order valence-electron chi connectivity index (χ1n) is 12.8. The summed E-state index contributed by atoms with van der Waals surface area (Å²) < 4.78 is 11.2. The van der Waals surface area contributed by atoms with Crippen molar-refractivity contribution in [3.63, 3.8) is 0 Å². The van der Waals surface area contributed by atoms with Gasteiger partial charge in [-0.05, 0) is 72.4 Å². The van der Waals surface area contributed by atoms with Crippen molar-refractivity contribution in [1.82, 2.24) is 4.90 Å². The number of nitro groups is 1. The number of nitro benzene ring substituents is 1. The first-order chi connectivity index (χ1) is 21.2. The van der Waals surface area contributed by atoms with Crippen molar-refractivity contribution < 1.29 is 23.7 Å². The van der Waals surface area contributed by atoms with Crippen LogP contribution >= 0.6 is 35.0 Å². The predicted molar refractivity (Wildman–Crippen MR) is 170 cm³/mol. The molecule has 1 N–H and O–H groups in total. The van der Waals surface area contributed by atoms with Crippen LogP contribution in [0.2, 0.25) is 10.0 Å². The number of hydrogen-bond donors (Lipinski definition) is 1. The van der Waals surface area contributed by atoms with Crippen molar-refractivity contribution in [2.75, 3.05) is 11.9 Å². The zero-order valence-electron chi connectivity index (χ0n) is 22.6.